The zero-order valence-electron chi connectivity index (χ0n) is 19.5. The molecule has 2 amide bonds. The molecule has 0 bridgehead atoms. The largest absolute Gasteiger partial charge is 0.342 e. The molecule has 1 aliphatic rings. The van der Waals surface area contributed by atoms with Crippen LogP contribution in [-0.4, -0.2) is 20.6 Å². The Hall–Kier alpha value is -3.51. The molecule has 1 saturated heterocycles. The second kappa shape index (κ2) is 9.75. The Morgan fingerprint density at radius 1 is 0.784 bits per heavy atom. The van der Waals surface area contributed by atoms with Gasteiger partial charge in [-0.25, -0.2) is 0 Å². The van der Waals surface area contributed by atoms with Crippen LogP contribution >= 0.6 is 35.0 Å². The fourth-order valence-electron chi connectivity index (χ4n) is 4.73. The van der Waals surface area contributed by atoms with E-state index in [4.69, 9.17) is 23.2 Å². The van der Waals surface area contributed by atoms with Crippen molar-refractivity contribution >= 4 is 73.9 Å². The number of para-hydroxylation sites is 1. The summed E-state index contributed by atoms with van der Waals surface area (Å²) >= 11 is 13.1. The molecule has 1 aromatic heterocycles. The van der Waals surface area contributed by atoms with E-state index in [-0.39, 0.29) is 17.7 Å². The Morgan fingerprint density at radius 2 is 1.54 bits per heavy atom. The van der Waals surface area contributed by atoms with Crippen LogP contribution in [0.2, 0.25) is 10.0 Å². The maximum absolute atomic E-state index is 13.2. The van der Waals surface area contributed by atoms with E-state index < -0.39 is 0 Å². The van der Waals surface area contributed by atoms with Crippen molar-refractivity contribution in [2.45, 2.75) is 13.1 Å². The third-order valence-electron chi connectivity index (χ3n) is 6.52. The zero-order chi connectivity index (χ0) is 25.5. The Bertz CT molecular complexity index is 1740. The van der Waals surface area contributed by atoms with Crippen LogP contribution in [0.5, 0.6) is 0 Å². The van der Waals surface area contributed by atoms with Crippen LogP contribution < -0.4 is 0 Å². The van der Waals surface area contributed by atoms with Crippen molar-refractivity contribution in [3.05, 3.63) is 123 Å². The molecule has 4 nitrogen and oxygen atoms in total. The maximum Gasteiger partial charge on any atom is 0.293 e. The maximum atomic E-state index is 13.2. The summed E-state index contributed by atoms with van der Waals surface area (Å²) in [4.78, 5) is 27.6. The summed E-state index contributed by atoms with van der Waals surface area (Å²) in [5.41, 5.74) is 3.92. The summed E-state index contributed by atoms with van der Waals surface area (Å²) in [5, 5.41) is 3.96. The fourth-order valence-corrected chi connectivity index (χ4v) is 5.88. The summed E-state index contributed by atoms with van der Waals surface area (Å²) in [6.07, 6.45) is 3.88. The van der Waals surface area contributed by atoms with Crippen molar-refractivity contribution in [1.82, 2.24) is 9.47 Å². The molecular weight excluding hydrogens is 523 g/mol. The highest BCUT2D eigenvalue weighted by molar-refractivity contribution is 8.18. The van der Waals surface area contributed by atoms with Gasteiger partial charge in [-0.05, 0) is 57.9 Å². The normalized spacial score (nSPS) is 15.0. The summed E-state index contributed by atoms with van der Waals surface area (Å²) in [6, 6.07) is 27.9. The van der Waals surface area contributed by atoms with Crippen LogP contribution in [0.4, 0.5) is 4.79 Å². The first-order chi connectivity index (χ1) is 18.0. The Labute approximate surface area is 228 Å². The van der Waals surface area contributed by atoms with Gasteiger partial charge in [0.25, 0.3) is 11.1 Å². The molecule has 0 aliphatic carbocycles. The van der Waals surface area contributed by atoms with Crippen molar-refractivity contribution in [3.8, 4) is 0 Å². The van der Waals surface area contributed by atoms with Gasteiger partial charge in [-0.3, -0.25) is 14.5 Å². The molecule has 4 aromatic carbocycles. The summed E-state index contributed by atoms with van der Waals surface area (Å²) in [7, 11) is 0. The Kier molecular flexibility index (Phi) is 6.29. The van der Waals surface area contributed by atoms with E-state index in [2.05, 4.69) is 53.2 Å². The van der Waals surface area contributed by atoms with Crippen LogP contribution in [0.3, 0.4) is 0 Å². The topological polar surface area (TPSA) is 42.3 Å². The van der Waals surface area contributed by atoms with Crippen LogP contribution in [0.15, 0.2) is 96.0 Å². The van der Waals surface area contributed by atoms with Gasteiger partial charge in [0.2, 0.25) is 0 Å². The van der Waals surface area contributed by atoms with Crippen LogP contribution in [0, 0.1) is 0 Å². The minimum Gasteiger partial charge on any atom is -0.342 e. The first-order valence-electron chi connectivity index (χ1n) is 11.7. The van der Waals surface area contributed by atoms with Gasteiger partial charge in [0.05, 0.1) is 21.5 Å². The molecule has 1 fully saturated rings. The van der Waals surface area contributed by atoms with Gasteiger partial charge in [-0.2, -0.15) is 0 Å². The number of carbonyl (C=O) groups is 2. The molecule has 0 N–H and O–H groups in total. The fraction of sp³-hybridized carbons (Fsp3) is 0.0667. The number of amides is 2. The van der Waals surface area contributed by atoms with E-state index in [9.17, 15) is 9.59 Å². The van der Waals surface area contributed by atoms with Crippen LogP contribution in [0.25, 0.3) is 27.8 Å². The smallest absolute Gasteiger partial charge is 0.293 e. The molecule has 6 rings (SSSR count). The monoisotopic (exact) mass is 542 g/mol. The van der Waals surface area contributed by atoms with Crippen molar-refractivity contribution in [2.24, 2.45) is 0 Å². The van der Waals surface area contributed by atoms with Gasteiger partial charge in [0.15, 0.2) is 0 Å². The zero-order valence-corrected chi connectivity index (χ0v) is 21.9. The van der Waals surface area contributed by atoms with Gasteiger partial charge in [-0.1, -0.05) is 89.9 Å². The van der Waals surface area contributed by atoms with Gasteiger partial charge in [0.1, 0.15) is 0 Å². The molecular formula is C30H20Cl2N2O2S. The number of fused-ring (bicyclic) bond motifs is 2. The van der Waals surface area contributed by atoms with E-state index in [1.165, 1.54) is 21.2 Å². The molecule has 2 heterocycles. The Balaban J connectivity index is 1.33. The standard InChI is InChI=1S/C30H20Cl2N2O2S/c31-25-13-12-19(14-26(25)32)16-34-29(35)28(37-30(34)36)15-22-18-33(27-11-4-3-10-24(22)27)17-21-8-5-7-20-6-1-2-9-23(20)21/h1-15,18H,16-17H2/b28-15-. The number of aromatic nitrogens is 1. The molecule has 5 aromatic rings. The average Bonchev–Trinajstić information content (AvgIpc) is 3.38. The molecule has 0 spiro atoms. The van der Waals surface area contributed by atoms with E-state index >= 15 is 0 Å². The summed E-state index contributed by atoms with van der Waals surface area (Å²) in [6.45, 7) is 0.830. The first kappa shape index (κ1) is 23.9. The lowest BCUT2D eigenvalue weighted by atomic mass is 10.0. The van der Waals surface area contributed by atoms with Gasteiger partial charge in [0, 0.05) is 29.2 Å². The number of hydrogen-bond donors (Lipinski definition) is 0. The number of imide groups is 1. The predicted octanol–water partition coefficient (Wildman–Crippen LogP) is 8.39. The summed E-state index contributed by atoms with van der Waals surface area (Å²) < 4.78 is 2.20. The number of nitrogens with zero attached hydrogens (tertiary/aromatic N) is 2. The second-order valence-corrected chi connectivity index (χ2v) is 10.7. The molecule has 0 atom stereocenters. The number of benzene rings is 4. The highest BCUT2D eigenvalue weighted by atomic mass is 35.5. The third-order valence-corrected chi connectivity index (χ3v) is 8.17. The molecule has 37 heavy (non-hydrogen) atoms. The van der Waals surface area contributed by atoms with Crippen molar-refractivity contribution < 1.29 is 9.59 Å². The predicted molar refractivity (Wildman–Crippen MR) is 153 cm³/mol. The quantitative estimate of drug-likeness (QED) is 0.209. The third kappa shape index (κ3) is 4.55. The molecule has 182 valence electrons. The van der Waals surface area contributed by atoms with Gasteiger partial charge in [-0.15, -0.1) is 0 Å². The second-order valence-electron chi connectivity index (χ2n) is 8.88. The lowest BCUT2D eigenvalue weighted by molar-refractivity contribution is -0.123. The highest BCUT2D eigenvalue weighted by Gasteiger charge is 2.35. The lowest BCUT2D eigenvalue weighted by Gasteiger charge is -2.12. The van der Waals surface area contributed by atoms with E-state index in [1.807, 2.05) is 30.3 Å². The lowest BCUT2D eigenvalue weighted by Crippen LogP contribution is -2.27. The molecule has 1 aliphatic heterocycles. The number of thioether (sulfide) groups is 1. The number of carbonyl (C=O) groups excluding carboxylic acids is 2. The molecule has 0 unspecified atom stereocenters. The van der Waals surface area contributed by atoms with E-state index in [1.54, 1.807) is 18.2 Å². The van der Waals surface area contributed by atoms with Gasteiger partial charge >= 0.3 is 0 Å². The van der Waals surface area contributed by atoms with Crippen molar-refractivity contribution in [3.63, 3.8) is 0 Å². The minimum atomic E-state index is -0.313. The van der Waals surface area contributed by atoms with E-state index in [0.717, 1.165) is 33.8 Å². The first-order valence-corrected chi connectivity index (χ1v) is 13.3. The van der Waals surface area contributed by atoms with Crippen LogP contribution in [0.1, 0.15) is 16.7 Å². The number of rotatable bonds is 5. The molecule has 0 radical (unpaired) electrons. The number of hydrogen-bond acceptors (Lipinski definition) is 3. The highest BCUT2D eigenvalue weighted by Crippen LogP contribution is 2.36. The SMILES string of the molecule is O=C1S/C(=C\c2cn(Cc3cccc4ccccc34)c3ccccc23)C(=O)N1Cc1ccc(Cl)c(Cl)c1. The molecule has 7 heteroatoms. The molecule has 0 saturated carbocycles. The summed E-state index contributed by atoms with van der Waals surface area (Å²) in [5.74, 6) is -0.313. The van der Waals surface area contributed by atoms with Crippen molar-refractivity contribution in [1.29, 1.82) is 0 Å². The minimum absolute atomic E-state index is 0.141. The van der Waals surface area contributed by atoms with Gasteiger partial charge < -0.3 is 4.57 Å². The van der Waals surface area contributed by atoms with Crippen LogP contribution in [-0.2, 0) is 17.9 Å². The van der Waals surface area contributed by atoms with E-state index in [0.29, 0.717) is 21.5 Å². The number of halogens is 2. The van der Waals surface area contributed by atoms with Crippen molar-refractivity contribution in [2.75, 3.05) is 0 Å². The average molecular weight is 543 g/mol. The Morgan fingerprint density at radius 3 is 2.38 bits per heavy atom.